The van der Waals surface area contributed by atoms with Crippen LogP contribution in [0.2, 0.25) is 0 Å². The minimum atomic E-state index is -4.65. The number of esters is 2. The van der Waals surface area contributed by atoms with Crippen molar-refractivity contribution in [2.75, 3.05) is 26.4 Å². The van der Waals surface area contributed by atoms with Gasteiger partial charge in [0.05, 0.1) is 26.4 Å². The summed E-state index contributed by atoms with van der Waals surface area (Å²) in [5.74, 6) is -1.05. The Morgan fingerprint density at radius 1 is 0.444 bits per heavy atom. The molecule has 0 aliphatic heterocycles. The van der Waals surface area contributed by atoms with Gasteiger partial charge < -0.3 is 24.6 Å². The van der Waals surface area contributed by atoms with Crippen molar-refractivity contribution in [1.82, 2.24) is 0 Å². The highest BCUT2D eigenvalue weighted by molar-refractivity contribution is 7.47. The van der Waals surface area contributed by atoms with E-state index in [0.29, 0.717) is 12.8 Å². The van der Waals surface area contributed by atoms with Crippen LogP contribution in [0, 0.1) is 0 Å². The number of phosphoric acid groups is 1. The van der Waals surface area contributed by atoms with Crippen LogP contribution in [0.25, 0.3) is 0 Å². The highest BCUT2D eigenvalue weighted by atomic mass is 31.2. The number of unbranched alkanes of at least 4 members (excludes halogenated alkanes) is 23. The van der Waals surface area contributed by atoms with Gasteiger partial charge in [0.25, 0.3) is 0 Å². The molecule has 0 bridgehead atoms. The fourth-order valence-electron chi connectivity index (χ4n) is 6.91. The van der Waals surface area contributed by atoms with Gasteiger partial charge >= 0.3 is 19.8 Å². The number of hydrogen-bond donors (Lipinski definition) is 3. The van der Waals surface area contributed by atoms with Crippen LogP contribution in [0.3, 0.4) is 0 Å². The quantitative estimate of drug-likeness (QED) is 0.0233. The summed E-state index contributed by atoms with van der Waals surface area (Å²) in [4.78, 5) is 34.7. The third-order valence-corrected chi connectivity index (χ3v) is 11.7. The fourth-order valence-corrected chi connectivity index (χ4v) is 7.69. The number of aliphatic hydroxyl groups excluding tert-OH is 2. The smallest absolute Gasteiger partial charge is 0.457 e. The Kier molecular flexibility index (Phi) is 45.9. The molecule has 0 aromatic heterocycles. The molecule has 0 heterocycles. The van der Waals surface area contributed by atoms with Gasteiger partial charge in [0.2, 0.25) is 0 Å². The first kappa shape index (κ1) is 60.7. The van der Waals surface area contributed by atoms with Crippen molar-refractivity contribution in [3.8, 4) is 0 Å². The summed E-state index contributed by atoms with van der Waals surface area (Å²) in [6.07, 6.45) is 54.8. The van der Waals surface area contributed by atoms with Gasteiger partial charge in [-0.15, -0.1) is 0 Å². The Hall–Kier alpha value is -2.33. The maximum atomic E-state index is 12.4. The normalized spacial score (nSPS) is 14.2. The lowest BCUT2D eigenvalue weighted by molar-refractivity contribution is -0.153. The summed E-state index contributed by atoms with van der Waals surface area (Å²) in [6.45, 7) is 2.09. The lowest BCUT2D eigenvalue weighted by Crippen LogP contribution is -2.28. The molecule has 0 fully saturated rings. The van der Waals surface area contributed by atoms with Crippen molar-refractivity contribution in [2.24, 2.45) is 0 Å². The second-order valence-electron chi connectivity index (χ2n) is 16.8. The van der Waals surface area contributed by atoms with E-state index >= 15 is 0 Å². The predicted molar refractivity (Wildman–Crippen MR) is 260 cm³/mol. The standard InChI is InChI=1S/C52H93O10P/c1-3-5-7-9-11-13-15-17-19-21-23-24-26-28-30-32-34-36-38-40-42-44-52(56)62-50(46-54)48-60-63(57,58)59-47-49(45-53)61-51(55)43-41-39-37-35-33-31-29-27-25-22-20-18-16-14-12-10-8-6-4-2/h6,8,12,14,18,20,25,27,31,33,49-50,53-54H,3-5,7,9-11,13,15-17,19,21-24,26,28-30,32,34-48H2,1-2H3,(H,57,58)/b8-6-,14-12-,20-18-,27-25-,33-31-. The van der Waals surface area contributed by atoms with Crippen molar-refractivity contribution >= 4 is 19.8 Å². The largest absolute Gasteiger partial charge is 0.472 e. The van der Waals surface area contributed by atoms with Crippen LogP contribution in [-0.2, 0) is 32.7 Å². The van der Waals surface area contributed by atoms with E-state index in [0.717, 1.165) is 70.6 Å². The first-order valence-corrected chi connectivity index (χ1v) is 26.7. The molecule has 0 amide bonds. The molecular weight excluding hydrogens is 816 g/mol. The van der Waals surface area contributed by atoms with Gasteiger partial charge in [0.15, 0.2) is 0 Å². The highest BCUT2D eigenvalue weighted by Crippen LogP contribution is 2.43. The molecule has 0 aromatic rings. The minimum absolute atomic E-state index is 0.151. The van der Waals surface area contributed by atoms with Gasteiger partial charge in [-0.05, 0) is 57.8 Å². The second-order valence-corrected chi connectivity index (χ2v) is 18.2. The minimum Gasteiger partial charge on any atom is -0.457 e. The highest BCUT2D eigenvalue weighted by Gasteiger charge is 2.27. The van der Waals surface area contributed by atoms with E-state index in [2.05, 4.69) is 74.6 Å². The molecule has 0 aliphatic carbocycles. The van der Waals surface area contributed by atoms with Crippen LogP contribution in [-0.4, -0.2) is 65.7 Å². The molecule has 3 N–H and O–H groups in total. The Balaban J connectivity index is 3.88. The number of carbonyl (C=O) groups excluding carboxylic acids is 2. The van der Waals surface area contributed by atoms with E-state index in [1.165, 1.54) is 109 Å². The van der Waals surface area contributed by atoms with Crippen LogP contribution >= 0.6 is 7.82 Å². The summed E-state index contributed by atoms with van der Waals surface area (Å²) in [6, 6.07) is 0. The van der Waals surface area contributed by atoms with Crippen LogP contribution < -0.4 is 0 Å². The van der Waals surface area contributed by atoms with E-state index in [1.54, 1.807) is 0 Å². The van der Waals surface area contributed by atoms with Crippen LogP contribution in [0.5, 0.6) is 0 Å². The van der Waals surface area contributed by atoms with Crippen molar-refractivity contribution in [3.05, 3.63) is 60.8 Å². The maximum Gasteiger partial charge on any atom is 0.472 e. The third-order valence-electron chi connectivity index (χ3n) is 10.7. The zero-order chi connectivity index (χ0) is 46.2. The number of hydrogen-bond acceptors (Lipinski definition) is 9. The summed E-state index contributed by atoms with van der Waals surface area (Å²) in [5, 5.41) is 19.2. The van der Waals surface area contributed by atoms with Crippen molar-refractivity contribution in [2.45, 2.75) is 232 Å². The Morgan fingerprint density at radius 3 is 1.08 bits per heavy atom. The van der Waals surface area contributed by atoms with E-state index in [-0.39, 0.29) is 12.8 Å². The molecule has 0 rings (SSSR count). The molecule has 0 aromatic carbocycles. The van der Waals surface area contributed by atoms with Gasteiger partial charge in [-0.2, -0.15) is 0 Å². The van der Waals surface area contributed by atoms with Gasteiger partial charge in [0.1, 0.15) is 12.2 Å². The molecule has 0 saturated carbocycles. The van der Waals surface area contributed by atoms with Gasteiger partial charge in [-0.3, -0.25) is 18.6 Å². The number of rotatable bonds is 47. The van der Waals surface area contributed by atoms with Crippen LogP contribution in [0.1, 0.15) is 219 Å². The first-order valence-electron chi connectivity index (χ1n) is 25.2. The summed E-state index contributed by atoms with van der Waals surface area (Å²) < 4.78 is 32.7. The molecule has 3 atom stereocenters. The van der Waals surface area contributed by atoms with Crippen molar-refractivity contribution < 1.29 is 47.8 Å². The molecule has 10 nitrogen and oxygen atoms in total. The number of allylic oxidation sites excluding steroid dienone is 10. The Labute approximate surface area is 385 Å². The average molecular weight is 909 g/mol. The summed E-state index contributed by atoms with van der Waals surface area (Å²) in [7, 11) is -4.65. The number of aliphatic hydroxyl groups is 2. The van der Waals surface area contributed by atoms with E-state index in [9.17, 15) is 29.3 Å². The maximum absolute atomic E-state index is 12.4. The monoisotopic (exact) mass is 909 g/mol. The van der Waals surface area contributed by atoms with E-state index < -0.39 is 58.4 Å². The first-order chi connectivity index (χ1) is 30.8. The molecule has 0 spiro atoms. The molecular formula is C52H93O10P. The molecule has 63 heavy (non-hydrogen) atoms. The average Bonchev–Trinajstić information content (AvgIpc) is 3.27. The second kappa shape index (κ2) is 47.6. The van der Waals surface area contributed by atoms with Crippen LogP contribution in [0.15, 0.2) is 60.8 Å². The zero-order valence-corrected chi connectivity index (χ0v) is 40.9. The van der Waals surface area contributed by atoms with Crippen molar-refractivity contribution in [1.29, 1.82) is 0 Å². The van der Waals surface area contributed by atoms with E-state index in [1.807, 2.05) is 0 Å². The molecule has 0 saturated heterocycles. The molecule has 3 unspecified atom stereocenters. The number of ether oxygens (including phenoxy) is 2. The molecule has 366 valence electrons. The van der Waals surface area contributed by atoms with E-state index in [4.69, 9.17) is 18.5 Å². The number of carbonyl (C=O) groups is 2. The SMILES string of the molecule is CC/C=C\C/C=C\C/C=C\C/C=C\C/C=C\CCCCCC(=O)OC(CO)COP(=O)(O)OCC(CO)OC(=O)CCCCCCCCCCCCCCCCCCCCCCC. The van der Waals surface area contributed by atoms with Gasteiger partial charge in [-0.25, -0.2) is 4.57 Å². The van der Waals surface area contributed by atoms with Crippen molar-refractivity contribution in [3.63, 3.8) is 0 Å². The molecule has 0 radical (unpaired) electrons. The predicted octanol–water partition coefficient (Wildman–Crippen LogP) is 14.2. The lowest BCUT2D eigenvalue weighted by atomic mass is 10.0. The Morgan fingerprint density at radius 2 is 0.746 bits per heavy atom. The molecule has 0 aliphatic rings. The van der Waals surface area contributed by atoms with Crippen LogP contribution in [0.4, 0.5) is 0 Å². The summed E-state index contributed by atoms with van der Waals surface area (Å²) >= 11 is 0. The van der Waals surface area contributed by atoms with Gasteiger partial charge in [-0.1, -0.05) is 209 Å². The summed E-state index contributed by atoms with van der Waals surface area (Å²) in [5.41, 5.74) is 0. The lowest BCUT2D eigenvalue weighted by Gasteiger charge is -2.20. The zero-order valence-electron chi connectivity index (χ0n) is 40.0. The molecule has 11 heteroatoms. The fraction of sp³-hybridized carbons (Fsp3) is 0.769. The third kappa shape index (κ3) is 46.0. The van der Waals surface area contributed by atoms with Gasteiger partial charge in [0, 0.05) is 12.8 Å². The Bertz CT molecular complexity index is 1230. The number of phosphoric ester groups is 1. The topological polar surface area (TPSA) is 149 Å².